The molecule has 0 atom stereocenters. The summed E-state index contributed by atoms with van der Waals surface area (Å²) in [6.45, 7) is 2.47. The molecule has 0 spiro atoms. The zero-order chi connectivity index (χ0) is 21.4. The molecule has 8 nitrogen and oxygen atoms in total. The lowest BCUT2D eigenvalue weighted by Crippen LogP contribution is -2.37. The Kier molecular flexibility index (Phi) is 5.40. The van der Waals surface area contributed by atoms with Gasteiger partial charge in [-0.25, -0.2) is 4.79 Å². The number of imidazole rings is 1. The summed E-state index contributed by atoms with van der Waals surface area (Å²) in [5.74, 6) is 1.47. The lowest BCUT2D eigenvalue weighted by molar-refractivity contribution is 0.411. The molecule has 3 aromatic rings. The first-order valence-electron chi connectivity index (χ1n) is 10.5. The van der Waals surface area contributed by atoms with Crippen LogP contribution in [0.25, 0.3) is 11.2 Å². The lowest BCUT2D eigenvalue weighted by atomic mass is 9.96. The van der Waals surface area contributed by atoms with E-state index in [1.165, 1.54) is 30.9 Å². The molecule has 160 valence electrons. The maximum atomic E-state index is 13.0. The number of anilines is 1. The largest absolute Gasteiger partial charge is 0.496 e. The van der Waals surface area contributed by atoms with E-state index in [9.17, 15) is 9.59 Å². The van der Waals surface area contributed by atoms with Gasteiger partial charge in [-0.3, -0.25) is 18.5 Å². The first kappa shape index (κ1) is 20.3. The number of methoxy groups -OCH3 is 1. The molecular formula is C22H29N5O3. The Morgan fingerprint density at radius 2 is 1.87 bits per heavy atom. The third-order valence-corrected chi connectivity index (χ3v) is 6.09. The normalized spacial score (nSPS) is 14.9. The van der Waals surface area contributed by atoms with Crippen LogP contribution in [0, 0.1) is 6.92 Å². The summed E-state index contributed by atoms with van der Waals surface area (Å²) in [5, 5.41) is 3.55. The maximum absolute atomic E-state index is 13.0. The highest BCUT2D eigenvalue weighted by molar-refractivity contribution is 5.74. The molecule has 1 aromatic carbocycles. The Hall–Kier alpha value is -3.03. The number of aryl methyl sites for hydroxylation is 2. The predicted molar refractivity (Wildman–Crippen MR) is 118 cm³/mol. The number of hydrogen-bond donors (Lipinski definition) is 1. The van der Waals surface area contributed by atoms with Gasteiger partial charge in [-0.05, 0) is 37.0 Å². The van der Waals surface area contributed by atoms with Crippen molar-refractivity contribution in [2.24, 2.45) is 14.1 Å². The molecule has 8 heteroatoms. The van der Waals surface area contributed by atoms with Gasteiger partial charge in [0.25, 0.3) is 5.56 Å². The monoisotopic (exact) mass is 411 g/mol. The van der Waals surface area contributed by atoms with Crippen molar-refractivity contribution in [3.05, 3.63) is 50.2 Å². The summed E-state index contributed by atoms with van der Waals surface area (Å²) in [7, 11) is 4.82. The van der Waals surface area contributed by atoms with Gasteiger partial charge in [0.1, 0.15) is 5.75 Å². The van der Waals surface area contributed by atoms with Crippen molar-refractivity contribution >= 4 is 17.1 Å². The van der Waals surface area contributed by atoms with E-state index < -0.39 is 0 Å². The Balaban J connectivity index is 1.86. The number of fused-ring (bicyclic) bond motifs is 1. The third-order valence-electron chi connectivity index (χ3n) is 6.09. The van der Waals surface area contributed by atoms with Crippen LogP contribution < -0.4 is 21.3 Å². The van der Waals surface area contributed by atoms with Gasteiger partial charge in [0.05, 0.1) is 13.7 Å². The maximum Gasteiger partial charge on any atom is 0.332 e. The van der Waals surface area contributed by atoms with Crippen LogP contribution in [0.4, 0.5) is 5.95 Å². The molecule has 2 aromatic heterocycles. The van der Waals surface area contributed by atoms with Crippen molar-refractivity contribution < 1.29 is 4.74 Å². The van der Waals surface area contributed by atoms with E-state index in [-0.39, 0.29) is 11.2 Å². The third kappa shape index (κ3) is 3.51. The Labute approximate surface area is 175 Å². The van der Waals surface area contributed by atoms with E-state index in [0.717, 1.165) is 34.3 Å². The van der Waals surface area contributed by atoms with E-state index >= 15 is 0 Å². The van der Waals surface area contributed by atoms with Crippen LogP contribution in [0.1, 0.15) is 43.2 Å². The minimum Gasteiger partial charge on any atom is -0.496 e. The van der Waals surface area contributed by atoms with Crippen LogP contribution in [0.15, 0.2) is 27.8 Å². The highest BCUT2D eigenvalue weighted by Crippen LogP contribution is 2.25. The van der Waals surface area contributed by atoms with Crippen LogP contribution in [0.5, 0.6) is 5.75 Å². The molecule has 4 rings (SSSR count). The highest BCUT2D eigenvalue weighted by atomic mass is 16.5. The van der Waals surface area contributed by atoms with E-state index in [1.807, 2.05) is 23.6 Å². The van der Waals surface area contributed by atoms with E-state index in [2.05, 4.69) is 11.4 Å². The zero-order valence-corrected chi connectivity index (χ0v) is 18.1. The molecule has 0 bridgehead atoms. The summed E-state index contributed by atoms with van der Waals surface area (Å²) in [4.78, 5) is 30.2. The minimum absolute atomic E-state index is 0.327. The lowest BCUT2D eigenvalue weighted by Gasteiger charge is -2.23. The fraction of sp³-hybridized carbons (Fsp3) is 0.500. The number of rotatable bonds is 5. The summed E-state index contributed by atoms with van der Waals surface area (Å²) in [5.41, 5.74) is 2.21. The van der Waals surface area contributed by atoms with Gasteiger partial charge < -0.3 is 10.1 Å². The molecule has 1 aliphatic rings. The van der Waals surface area contributed by atoms with Gasteiger partial charge in [0, 0.05) is 20.1 Å². The van der Waals surface area contributed by atoms with E-state index in [0.29, 0.717) is 29.7 Å². The van der Waals surface area contributed by atoms with Crippen LogP contribution in [0.3, 0.4) is 0 Å². The van der Waals surface area contributed by atoms with Crippen LogP contribution in [0.2, 0.25) is 0 Å². The molecule has 0 aliphatic heterocycles. The first-order chi connectivity index (χ1) is 14.4. The topological polar surface area (TPSA) is 83.1 Å². The molecule has 0 radical (unpaired) electrons. The van der Waals surface area contributed by atoms with Crippen molar-refractivity contribution in [1.29, 1.82) is 0 Å². The number of nitrogens with zero attached hydrogens (tertiary/aromatic N) is 4. The fourth-order valence-electron chi connectivity index (χ4n) is 4.36. The molecule has 1 aliphatic carbocycles. The molecule has 1 fully saturated rings. The molecule has 0 amide bonds. The van der Waals surface area contributed by atoms with Gasteiger partial charge in [-0.15, -0.1) is 0 Å². The minimum atomic E-state index is -0.373. The average molecular weight is 412 g/mol. The number of aromatic nitrogens is 4. The van der Waals surface area contributed by atoms with Gasteiger partial charge in [0.2, 0.25) is 5.95 Å². The summed E-state index contributed by atoms with van der Waals surface area (Å²) in [6, 6.07) is 6.31. The van der Waals surface area contributed by atoms with Crippen LogP contribution in [-0.4, -0.2) is 31.8 Å². The van der Waals surface area contributed by atoms with Crippen molar-refractivity contribution in [3.8, 4) is 5.75 Å². The predicted octanol–water partition coefficient (Wildman–Crippen LogP) is 2.54. The second kappa shape index (κ2) is 8.01. The van der Waals surface area contributed by atoms with Crippen molar-refractivity contribution in [2.75, 3.05) is 12.4 Å². The van der Waals surface area contributed by atoms with E-state index in [4.69, 9.17) is 9.72 Å². The molecule has 30 heavy (non-hydrogen) atoms. The zero-order valence-electron chi connectivity index (χ0n) is 18.1. The quantitative estimate of drug-likeness (QED) is 0.698. The second-order valence-corrected chi connectivity index (χ2v) is 8.18. The molecule has 0 saturated heterocycles. The second-order valence-electron chi connectivity index (χ2n) is 8.18. The number of nitrogens with one attached hydrogen (secondary N) is 1. The Bertz CT molecular complexity index is 1200. The van der Waals surface area contributed by atoms with Gasteiger partial charge in [-0.2, -0.15) is 4.98 Å². The Morgan fingerprint density at radius 3 is 2.53 bits per heavy atom. The summed E-state index contributed by atoms with van der Waals surface area (Å²) in [6.07, 6.45) is 5.81. The number of ether oxygens (including phenoxy) is 1. The fourth-order valence-corrected chi connectivity index (χ4v) is 4.36. The highest BCUT2D eigenvalue weighted by Gasteiger charge is 2.22. The molecule has 1 N–H and O–H groups in total. The van der Waals surface area contributed by atoms with Crippen LogP contribution in [-0.2, 0) is 20.6 Å². The van der Waals surface area contributed by atoms with E-state index in [1.54, 1.807) is 14.2 Å². The average Bonchev–Trinajstić information content (AvgIpc) is 3.09. The van der Waals surface area contributed by atoms with Gasteiger partial charge in [-0.1, -0.05) is 31.4 Å². The smallest absolute Gasteiger partial charge is 0.332 e. The molecule has 0 unspecified atom stereocenters. The standard InChI is InChI=1S/C22H29N5O3/c1-14-12-15(10-11-17(14)30-4)13-27-18-19(25(2)22(29)26(3)20(18)28)24-21(27)23-16-8-6-5-7-9-16/h10-12,16H,5-9,13H2,1-4H3,(H,23,24). The molecular weight excluding hydrogens is 382 g/mol. The van der Waals surface area contributed by atoms with Crippen molar-refractivity contribution in [1.82, 2.24) is 18.7 Å². The van der Waals surface area contributed by atoms with Gasteiger partial charge in [0.15, 0.2) is 11.2 Å². The molecule has 1 saturated carbocycles. The van der Waals surface area contributed by atoms with Crippen LogP contribution >= 0.6 is 0 Å². The number of hydrogen-bond acceptors (Lipinski definition) is 5. The summed E-state index contributed by atoms with van der Waals surface area (Å²) < 4.78 is 9.87. The number of benzene rings is 1. The van der Waals surface area contributed by atoms with Crippen molar-refractivity contribution in [2.45, 2.75) is 51.6 Å². The summed E-state index contributed by atoms with van der Waals surface area (Å²) >= 11 is 0. The van der Waals surface area contributed by atoms with Crippen molar-refractivity contribution in [3.63, 3.8) is 0 Å². The SMILES string of the molecule is COc1ccc(Cn2c(NC3CCCCC3)nc3c2c(=O)n(C)c(=O)n3C)cc1C. The first-order valence-corrected chi connectivity index (χ1v) is 10.5. The van der Waals surface area contributed by atoms with Gasteiger partial charge >= 0.3 is 5.69 Å². The molecule has 2 heterocycles. The Morgan fingerprint density at radius 1 is 1.13 bits per heavy atom.